The van der Waals surface area contributed by atoms with E-state index in [1.807, 2.05) is 17.0 Å². The molecule has 0 radical (unpaired) electrons. The number of carbonyl (C=O) groups excluding carboxylic acids is 2. The summed E-state index contributed by atoms with van der Waals surface area (Å²) in [5, 5.41) is 2.08. The van der Waals surface area contributed by atoms with E-state index >= 15 is 0 Å². The third-order valence-corrected chi connectivity index (χ3v) is 6.82. The number of amides is 2. The number of hydrogen-bond donors (Lipinski definition) is 0. The maximum Gasteiger partial charge on any atom is 0.254 e. The van der Waals surface area contributed by atoms with Gasteiger partial charge in [0.05, 0.1) is 6.04 Å². The van der Waals surface area contributed by atoms with Crippen molar-refractivity contribution in [3.63, 3.8) is 0 Å². The van der Waals surface area contributed by atoms with Crippen LogP contribution in [0.1, 0.15) is 38.0 Å². The lowest BCUT2D eigenvalue weighted by Gasteiger charge is -2.38. The van der Waals surface area contributed by atoms with Gasteiger partial charge in [-0.05, 0) is 65.7 Å². The highest BCUT2D eigenvalue weighted by atomic mass is 32.1. The van der Waals surface area contributed by atoms with E-state index in [9.17, 15) is 14.0 Å². The number of nitrogens with zero attached hydrogens (tertiary/aromatic N) is 2. The molecule has 32 heavy (non-hydrogen) atoms. The van der Waals surface area contributed by atoms with Crippen LogP contribution in [0.4, 0.5) is 4.39 Å². The summed E-state index contributed by atoms with van der Waals surface area (Å²) < 4.78 is 13.3. The first-order chi connectivity index (χ1) is 15.5. The molecule has 1 aromatic heterocycles. The number of carbonyl (C=O) groups is 2. The van der Waals surface area contributed by atoms with Gasteiger partial charge in [-0.2, -0.15) is 0 Å². The van der Waals surface area contributed by atoms with E-state index in [-0.39, 0.29) is 30.9 Å². The zero-order valence-corrected chi connectivity index (χ0v) is 18.8. The summed E-state index contributed by atoms with van der Waals surface area (Å²) in [6.07, 6.45) is 2.40. The fourth-order valence-corrected chi connectivity index (χ4v) is 5.12. The van der Waals surface area contributed by atoms with Crippen LogP contribution in [-0.2, 0) is 11.2 Å². The molecule has 6 heteroatoms. The van der Waals surface area contributed by atoms with E-state index in [1.165, 1.54) is 34.0 Å². The van der Waals surface area contributed by atoms with Crippen LogP contribution in [0.3, 0.4) is 0 Å². The summed E-state index contributed by atoms with van der Waals surface area (Å²) in [7, 11) is 0. The van der Waals surface area contributed by atoms with Crippen LogP contribution in [0.5, 0.6) is 0 Å². The van der Waals surface area contributed by atoms with Crippen molar-refractivity contribution in [2.45, 2.75) is 19.4 Å². The Hall–Kier alpha value is -3.25. The van der Waals surface area contributed by atoms with E-state index in [4.69, 9.17) is 0 Å². The number of thiophene rings is 1. The number of fused-ring (bicyclic) bond motifs is 1. The Labute approximate surface area is 191 Å². The summed E-state index contributed by atoms with van der Waals surface area (Å²) >= 11 is 1.72. The molecule has 0 spiro atoms. The highest BCUT2D eigenvalue weighted by Crippen LogP contribution is 2.39. The Kier molecular flexibility index (Phi) is 6.51. The van der Waals surface area contributed by atoms with Crippen LogP contribution < -0.4 is 0 Å². The smallest absolute Gasteiger partial charge is 0.254 e. The average Bonchev–Trinajstić information content (AvgIpc) is 3.27. The molecule has 1 aliphatic rings. The Morgan fingerprint density at radius 1 is 1.16 bits per heavy atom. The third-order valence-electron chi connectivity index (χ3n) is 5.82. The summed E-state index contributed by atoms with van der Waals surface area (Å²) in [6.45, 7) is 6.55. The molecule has 0 aliphatic carbocycles. The molecule has 0 bridgehead atoms. The van der Waals surface area contributed by atoms with Gasteiger partial charge in [0.15, 0.2) is 0 Å². The molecule has 2 heterocycles. The zero-order valence-electron chi connectivity index (χ0n) is 18.0. The van der Waals surface area contributed by atoms with Gasteiger partial charge in [-0.3, -0.25) is 9.59 Å². The van der Waals surface area contributed by atoms with Crippen LogP contribution in [0.15, 0.2) is 72.6 Å². The zero-order chi connectivity index (χ0) is 22.7. The largest absolute Gasteiger partial charge is 0.330 e. The van der Waals surface area contributed by atoms with Crippen LogP contribution in [-0.4, -0.2) is 41.2 Å². The highest BCUT2D eigenvalue weighted by molar-refractivity contribution is 7.10. The number of benzene rings is 2. The first-order valence-corrected chi connectivity index (χ1v) is 11.4. The van der Waals surface area contributed by atoms with Crippen molar-refractivity contribution >= 4 is 23.2 Å². The van der Waals surface area contributed by atoms with Crippen LogP contribution in [0.25, 0.3) is 0 Å². The second kappa shape index (κ2) is 9.49. The van der Waals surface area contributed by atoms with Crippen molar-refractivity contribution in [1.82, 2.24) is 9.80 Å². The molecule has 0 saturated heterocycles. The maximum absolute atomic E-state index is 13.5. The van der Waals surface area contributed by atoms with E-state index in [1.54, 1.807) is 17.4 Å². The Morgan fingerprint density at radius 3 is 2.62 bits per heavy atom. The van der Waals surface area contributed by atoms with E-state index < -0.39 is 5.82 Å². The van der Waals surface area contributed by atoms with Crippen molar-refractivity contribution in [2.24, 2.45) is 0 Å². The second-order valence-electron chi connectivity index (χ2n) is 7.88. The quantitative estimate of drug-likeness (QED) is 0.498. The van der Waals surface area contributed by atoms with Crippen molar-refractivity contribution < 1.29 is 14.0 Å². The topological polar surface area (TPSA) is 40.6 Å². The summed E-state index contributed by atoms with van der Waals surface area (Å²) in [4.78, 5) is 31.2. The Bertz CT molecular complexity index is 1140. The molecule has 2 amide bonds. The normalized spacial score (nSPS) is 15.2. The van der Waals surface area contributed by atoms with Gasteiger partial charge in [-0.15, -0.1) is 17.9 Å². The van der Waals surface area contributed by atoms with Gasteiger partial charge in [0, 0.05) is 23.5 Å². The minimum atomic E-state index is -0.408. The van der Waals surface area contributed by atoms with E-state index in [0.29, 0.717) is 12.1 Å². The van der Waals surface area contributed by atoms with Gasteiger partial charge >= 0.3 is 0 Å². The molecule has 1 aliphatic heterocycles. The van der Waals surface area contributed by atoms with Crippen molar-refractivity contribution in [1.29, 1.82) is 0 Å². The fourth-order valence-electron chi connectivity index (χ4n) is 4.22. The molecule has 0 fully saturated rings. The lowest BCUT2D eigenvalue weighted by Crippen LogP contribution is -2.47. The highest BCUT2D eigenvalue weighted by Gasteiger charge is 2.34. The summed E-state index contributed by atoms with van der Waals surface area (Å²) in [5.74, 6) is -0.847. The summed E-state index contributed by atoms with van der Waals surface area (Å²) in [6, 6.07) is 15.4. The summed E-state index contributed by atoms with van der Waals surface area (Å²) in [5.41, 5.74) is 3.72. The maximum atomic E-state index is 13.5. The van der Waals surface area contributed by atoms with Crippen molar-refractivity contribution in [3.8, 4) is 0 Å². The first-order valence-electron chi connectivity index (χ1n) is 10.6. The van der Waals surface area contributed by atoms with Gasteiger partial charge in [0.25, 0.3) is 5.91 Å². The average molecular weight is 449 g/mol. The molecule has 1 unspecified atom stereocenters. The lowest BCUT2D eigenvalue weighted by atomic mass is 9.90. The molecule has 1 atom stereocenters. The molecule has 4 rings (SSSR count). The Balaban J connectivity index is 1.62. The monoisotopic (exact) mass is 448 g/mol. The van der Waals surface area contributed by atoms with E-state index in [2.05, 4.69) is 37.1 Å². The Morgan fingerprint density at radius 2 is 1.91 bits per heavy atom. The van der Waals surface area contributed by atoms with Crippen LogP contribution in [0.2, 0.25) is 0 Å². The predicted molar refractivity (Wildman–Crippen MR) is 125 cm³/mol. The minimum Gasteiger partial charge on any atom is -0.330 e. The molecule has 0 saturated carbocycles. The van der Waals surface area contributed by atoms with Gasteiger partial charge < -0.3 is 9.80 Å². The van der Waals surface area contributed by atoms with Crippen LogP contribution >= 0.6 is 11.3 Å². The molecule has 3 aromatic rings. The van der Waals surface area contributed by atoms with Crippen LogP contribution in [0, 0.1) is 12.7 Å². The molecule has 0 N–H and O–H groups in total. The fraction of sp³-hybridized carbons (Fsp3) is 0.231. The standard InChI is InChI=1S/C26H25FN2O2S/c1-3-14-28(26(31)19-8-10-20(27)11-9-19)17-24(30)29-15-12-23-22(13-16-32-23)25(29)21-7-5-4-6-18(21)2/h3-11,13,16,25H,1,12,14-15,17H2,2H3. The lowest BCUT2D eigenvalue weighted by molar-refractivity contribution is -0.133. The minimum absolute atomic E-state index is 0.0654. The molecular weight excluding hydrogens is 423 g/mol. The van der Waals surface area contributed by atoms with Gasteiger partial charge in [-0.1, -0.05) is 30.3 Å². The SMILES string of the molecule is C=CCN(CC(=O)N1CCc2sccc2C1c1ccccc1C)C(=O)c1ccc(F)cc1. The first kappa shape index (κ1) is 22.0. The molecule has 2 aromatic carbocycles. The second-order valence-corrected chi connectivity index (χ2v) is 8.88. The van der Waals surface area contributed by atoms with E-state index in [0.717, 1.165) is 23.1 Å². The predicted octanol–water partition coefficient (Wildman–Crippen LogP) is 5.00. The third kappa shape index (κ3) is 4.36. The molecule has 4 nitrogen and oxygen atoms in total. The number of halogens is 1. The van der Waals surface area contributed by atoms with Gasteiger partial charge in [0.2, 0.25) is 5.91 Å². The van der Waals surface area contributed by atoms with Crippen molar-refractivity contribution in [3.05, 3.63) is 106 Å². The molecular formula is C26H25FN2O2S. The molecule has 164 valence electrons. The van der Waals surface area contributed by atoms with Gasteiger partial charge in [0.1, 0.15) is 12.4 Å². The number of aryl methyl sites for hydroxylation is 1. The van der Waals surface area contributed by atoms with Crippen molar-refractivity contribution in [2.75, 3.05) is 19.6 Å². The van der Waals surface area contributed by atoms with Gasteiger partial charge in [-0.25, -0.2) is 4.39 Å². The number of rotatable bonds is 6. The number of hydrogen-bond acceptors (Lipinski definition) is 3.